The lowest BCUT2D eigenvalue weighted by atomic mass is 10.2. The molecule has 0 aromatic heterocycles. The van der Waals surface area contributed by atoms with Crippen LogP contribution in [0.4, 0.5) is 0 Å². The van der Waals surface area contributed by atoms with E-state index in [1.165, 1.54) is 12.8 Å². The molecule has 4 rings (SSSR count). The summed E-state index contributed by atoms with van der Waals surface area (Å²) in [6.07, 6.45) is 3.73. The van der Waals surface area contributed by atoms with Gasteiger partial charge in [0.2, 0.25) is 6.79 Å². The average molecular weight is 289 g/mol. The van der Waals surface area contributed by atoms with Gasteiger partial charge >= 0.3 is 0 Å². The number of hydrogen-bond acceptors (Lipinski definition) is 4. The fourth-order valence-corrected chi connectivity index (χ4v) is 2.82. The number of rotatable bonds is 4. The van der Waals surface area contributed by atoms with E-state index >= 15 is 0 Å². The molecular weight excluding hydrogens is 270 g/mol. The third-order valence-electron chi connectivity index (χ3n) is 4.32. The van der Waals surface area contributed by atoms with E-state index in [4.69, 9.17) is 14.2 Å². The molecule has 5 nitrogen and oxygen atoms in total. The van der Waals surface area contributed by atoms with Gasteiger partial charge in [0.05, 0.1) is 6.10 Å². The monoisotopic (exact) mass is 289 g/mol. The molecular formula is C16H19NO4. The summed E-state index contributed by atoms with van der Waals surface area (Å²) in [7, 11) is 0. The third-order valence-corrected chi connectivity index (χ3v) is 4.32. The first-order valence-electron chi connectivity index (χ1n) is 7.60. The number of amides is 1. The van der Waals surface area contributed by atoms with Crippen molar-refractivity contribution in [2.75, 3.05) is 26.5 Å². The van der Waals surface area contributed by atoms with Crippen molar-refractivity contribution < 1.29 is 19.0 Å². The molecule has 3 aliphatic rings. The summed E-state index contributed by atoms with van der Waals surface area (Å²) in [6, 6.07) is 5.37. The van der Waals surface area contributed by atoms with Gasteiger partial charge in [-0.05, 0) is 43.4 Å². The van der Waals surface area contributed by atoms with Crippen molar-refractivity contribution in [1.29, 1.82) is 0 Å². The number of carbonyl (C=O) groups excluding carboxylic acids is 1. The highest BCUT2D eigenvalue weighted by atomic mass is 16.7. The molecule has 0 N–H and O–H groups in total. The van der Waals surface area contributed by atoms with E-state index in [2.05, 4.69) is 0 Å². The summed E-state index contributed by atoms with van der Waals surface area (Å²) < 4.78 is 16.5. The maximum atomic E-state index is 12.5. The molecule has 2 heterocycles. The van der Waals surface area contributed by atoms with Gasteiger partial charge in [-0.3, -0.25) is 4.79 Å². The Labute approximate surface area is 123 Å². The van der Waals surface area contributed by atoms with Crippen LogP contribution in [0.3, 0.4) is 0 Å². The van der Waals surface area contributed by atoms with Crippen molar-refractivity contribution in [3.63, 3.8) is 0 Å². The third kappa shape index (κ3) is 2.70. The first-order valence-corrected chi connectivity index (χ1v) is 7.60. The summed E-state index contributed by atoms with van der Waals surface area (Å²) in [5.74, 6) is 2.18. The minimum atomic E-state index is 0.0471. The van der Waals surface area contributed by atoms with E-state index in [-0.39, 0.29) is 18.8 Å². The molecule has 1 saturated carbocycles. The van der Waals surface area contributed by atoms with Crippen LogP contribution in [-0.4, -0.2) is 43.4 Å². The number of likely N-dealkylation sites (tertiary alicyclic amines) is 1. The molecule has 1 amide bonds. The number of hydrogen-bond donors (Lipinski definition) is 0. The van der Waals surface area contributed by atoms with Gasteiger partial charge in [0.25, 0.3) is 5.91 Å². The standard InChI is InChI=1S/C16H19NO4/c18-16(12-3-4-14-15(7-12)21-10-20-14)17-6-5-13(8-17)19-9-11-1-2-11/h3-4,7,11,13H,1-2,5-6,8-10H2/t13-/m1/s1. The molecule has 21 heavy (non-hydrogen) atoms. The highest BCUT2D eigenvalue weighted by Crippen LogP contribution is 2.33. The van der Waals surface area contributed by atoms with Gasteiger partial charge < -0.3 is 19.1 Å². The topological polar surface area (TPSA) is 48.0 Å². The minimum absolute atomic E-state index is 0.0471. The van der Waals surface area contributed by atoms with Crippen molar-refractivity contribution in [2.24, 2.45) is 5.92 Å². The van der Waals surface area contributed by atoms with Gasteiger partial charge in [-0.25, -0.2) is 0 Å². The van der Waals surface area contributed by atoms with E-state index in [0.29, 0.717) is 23.6 Å². The van der Waals surface area contributed by atoms with Crippen LogP contribution in [0.2, 0.25) is 0 Å². The van der Waals surface area contributed by atoms with Crippen molar-refractivity contribution >= 4 is 5.91 Å². The Balaban J connectivity index is 1.38. The molecule has 112 valence electrons. The van der Waals surface area contributed by atoms with Crippen LogP contribution in [0, 0.1) is 5.92 Å². The lowest BCUT2D eigenvalue weighted by molar-refractivity contribution is 0.0480. The van der Waals surface area contributed by atoms with Crippen LogP contribution in [-0.2, 0) is 4.74 Å². The van der Waals surface area contributed by atoms with E-state index < -0.39 is 0 Å². The molecule has 2 fully saturated rings. The SMILES string of the molecule is O=C(c1ccc2c(c1)OCO2)N1CC[C@@H](OCC2CC2)C1. The predicted molar refractivity (Wildman–Crippen MR) is 75.5 cm³/mol. The minimum Gasteiger partial charge on any atom is -0.454 e. The second kappa shape index (κ2) is 5.22. The fourth-order valence-electron chi connectivity index (χ4n) is 2.82. The Hall–Kier alpha value is -1.75. The molecule has 2 aliphatic heterocycles. The van der Waals surface area contributed by atoms with Gasteiger partial charge in [-0.2, -0.15) is 0 Å². The highest BCUT2D eigenvalue weighted by molar-refractivity contribution is 5.95. The maximum absolute atomic E-state index is 12.5. The number of fused-ring (bicyclic) bond motifs is 1. The largest absolute Gasteiger partial charge is 0.454 e. The summed E-state index contributed by atoms with van der Waals surface area (Å²) >= 11 is 0. The lowest BCUT2D eigenvalue weighted by Crippen LogP contribution is -2.30. The normalized spacial score (nSPS) is 23.6. The second-order valence-corrected chi connectivity index (χ2v) is 6.01. The lowest BCUT2D eigenvalue weighted by Gasteiger charge is -2.17. The number of ether oxygens (including phenoxy) is 3. The Morgan fingerprint density at radius 3 is 2.95 bits per heavy atom. The van der Waals surface area contributed by atoms with Crippen LogP contribution in [0.25, 0.3) is 0 Å². The summed E-state index contributed by atoms with van der Waals surface area (Å²) in [6.45, 7) is 2.55. The summed E-state index contributed by atoms with van der Waals surface area (Å²) in [5, 5.41) is 0. The molecule has 1 atom stereocenters. The van der Waals surface area contributed by atoms with Crippen LogP contribution < -0.4 is 9.47 Å². The zero-order valence-electron chi connectivity index (χ0n) is 11.9. The molecule has 1 aromatic carbocycles. The number of nitrogens with zero attached hydrogens (tertiary/aromatic N) is 1. The molecule has 0 bridgehead atoms. The van der Waals surface area contributed by atoms with Crippen molar-refractivity contribution in [2.45, 2.75) is 25.4 Å². The zero-order valence-corrected chi connectivity index (χ0v) is 11.9. The molecule has 0 spiro atoms. The molecule has 1 aliphatic carbocycles. The Morgan fingerprint density at radius 2 is 2.10 bits per heavy atom. The quantitative estimate of drug-likeness (QED) is 0.851. The Bertz CT molecular complexity index is 555. The fraction of sp³-hybridized carbons (Fsp3) is 0.562. The molecule has 0 unspecified atom stereocenters. The zero-order chi connectivity index (χ0) is 14.2. The smallest absolute Gasteiger partial charge is 0.254 e. The number of benzene rings is 1. The maximum Gasteiger partial charge on any atom is 0.254 e. The van der Waals surface area contributed by atoms with E-state index in [1.54, 1.807) is 18.2 Å². The molecule has 1 saturated heterocycles. The van der Waals surface area contributed by atoms with Gasteiger partial charge in [0, 0.05) is 25.3 Å². The van der Waals surface area contributed by atoms with E-state index in [1.807, 2.05) is 4.90 Å². The van der Waals surface area contributed by atoms with Gasteiger partial charge in [-0.1, -0.05) is 0 Å². The van der Waals surface area contributed by atoms with Crippen LogP contribution >= 0.6 is 0 Å². The Morgan fingerprint density at radius 1 is 1.24 bits per heavy atom. The first kappa shape index (κ1) is 13.0. The van der Waals surface area contributed by atoms with Crippen molar-refractivity contribution in [1.82, 2.24) is 4.90 Å². The van der Waals surface area contributed by atoms with Gasteiger partial charge in [0.1, 0.15) is 0 Å². The van der Waals surface area contributed by atoms with Crippen LogP contribution in [0.5, 0.6) is 11.5 Å². The van der Waals surface area contributed by atoms with Crippen molar-refractivity contribution in [3.8, 4) is 11.5 Å². The van der Waals surface area contributed by atoms with Crippen molar-refractivity contribution in [3.05, 3.63) is 23.8 Å². The summed E-state index contributed by atoms with van der Waals surface area (Å²) in [4.78, 5) is 14.4. The van der Waals surface area contributed by atoms with E-state index in [9.17, 15) is 4.79 Å². The molecule has 1 aromatic rings. The summed E-state index contributed by atoms with van der Waals surface area (Å²) in [5.41, 5.74) is 0.655. The molecule has 5 heteroatoms. The van der Waals surface area contributed by atoms with Crippen LogP contribution in [0.15, 0.2) is 18.2 Å². The van der Waals surface area contributed by atoms with Gasteiger partial charge in [-0.15, -0.1) is 0 Å². The van der Waals surface area contributed by atoms with E-state index in [0.717, 1.165) is 25.5 Å². The van der Waals surface area contributed by atoms with Gasteiger partial charge in [0.15, 0.2) is 11.5 Å². The highest BCUT2D eigenvalue weighted by Gasteiger charge is 2.30. The first-order chi connectivity index (χ1) is 10.3. The number of carbonyl (C=O) groups is 1. The average Bonchev–Trinajstić information content (AvgIpc) is 3.03. The second-order valence-electron chi connectivity index (χ2n) is 6.01. The predicted octanol–water partition coefficient (Wildman–Crippen LogP) is 2.06. The van der Waals surface area contributed by atoms with Crippen LogP contribution in [0.1, 0.15) is 29.6 Å². The molecule has 0 radical (unpaired) electrons. The Kier molecular flexibility index (Phi) is 3.22.